The van der Waals surface area contributed by atoms with Gasteiger partial charge in [0.25, 0.3) is 25.9 Å². The summed E-state index contributed by atoms with van der Waals surface area (Å²) in [6.07, 6.45) is 0. The van der Waals surface area contributed by atoms with Crippen LogP contribution in [0.4, 0.5) is 0 Å². The molecule has 0 aromatic rings. The first-order valence-electron chi connectivity index (χ1n) is 1.98. The van der Waals surface area contributed by atoms with Crippen LogP contribution in [0.2, 0.25) is 0 Å². The van der Waals surface area contributed by atoms with Crippen LogP contribution >= 0.6 is 0 Å². The maximum atomic E-state index is 8.36. The van der Waals surface area contributed by atoms with E-state index in [2.05, 4.69) is 0 Å². The van der Waals surface area contributed by atoms with Crippen LogP contribution in [-0.2, 0) is 40.2 Å². The van der Waals surface area contributed by atoms with Gasteiger partial charge in [-0.1, -0.05) is 0 Å². The summed E-state index contributed by atoms with van der Waals surface area (Å²) in [5.74, 6) is 0. The topological polar surface area (TPSA) is 149 Å². The van der Waals surface area contributed by atoms with Crippen LogP contribution in [0, 0.1) is 0 Å². The fraction of sp³-hybridized carbons (Fsp3) is 0. The summed E-state index contributed by atoms with van der Waals surface area (Å²) in [6.45, 7) is -1.00. The molecule has 0 heterocycles. The molecule has 78 valence electrons. The first-order valence-corrected chi connectivity index (χ1v) is 1.98. The molecule has 0 aliphatic heterocycles. The van der Waals surface area contributed by atoms with Crippen LogP contribution in [0.5, 0.6) is 0 Å². The second-order valence-electron chi connectivity index (χ2n) is 0.422. The van der Waals surface area contributed by atoms with Crippen molar-refractivity contribution in [2.45, 2.75) is 0 Å². The van der Waals surface area contributed by atoms with E-state index in [-0.39, 0.29) is 47.0 Å². The smallest absolute Gasteiger partial charge is 0.290 e. The third-order valence-electron chi connectivity index (χ3n) is 0. The zero-order chi connectivity index (χ0) is 10.8. The number of carboxylic acid groups (broad SMARTS) is 4. The molecule has 0 aliphatic rings. The number of carbonyl (C=O) groups is 4. The van der Waals surface area contributed by atoms with Crippen LogP contribution in [-0.4, -0.2) is 46.3 Å². The predicted molar refractivity (Wildman–Crippen MR) is 34.8 cm³/mol. The summed E-state index contributed by atoms with van der Waals surface area (Å²) in [7, 11) is 0. The third kappa shape index (κ3) is 379. The van der Waals surface area contributed by atoms with Gasteiger partial charge in [-0.25, -0.2) is 0 Å². The normalized spacial score (nSPS) is 3.69. The van der Waals surface area contributed by atoms with Gasteiger partial charge in [-0.3, -0.25) is 19.2 Å². The molecular weight excluding hydrogens is 272 g/mol. The molecule has 0 saturated carbocycles. The van der Waals surface area contributed by atoms with Crippen molar-refractivity contribution in [3.05, 3.63) is 0 Å². The van der Waals surface area contributed by atoms with Crippen molar-refractivity contribution in [3.8, 4) is 0 Å². The SMILES string of the molecule is O=CO.O=CO.O=CO.O=CO.[Mo]. The van der Waals surface area contributed by atoms with Gasteiger partial charge in [0, 0.05) is 21.1 Å². The van der Waals surface area contributed by atoms with Crippen LogP contribution in [0.3, 0.4) is 0 Å². The van der Waals surface area contributed by atoms with Gasteiger partial charge in [0.05, 0.1) is 0 Å². The van der Waals surface area contributed by atoms with E-state index in [1.165, 1.54) is 0 Å². The average molecular weight is 280 g/mol. The zero-order valence-corrected chi connectivity index (χ0v) is 8.15. The zero-order valence-electron chi connectivity index (χ0n) is 6.14. The van der Waals surface area contributed by atoms with Crippen LogP contribution in [0.25, 0.3) is 0 Å². The maximum Gasteiger partial charge on any atom is 0.290 e. The van der Waals surface area contributed by atoms with E-state index >= 15 is 0 Å². The minimum absolute atomic E-state index is 0. The van der Waals surface area contributed by atoms with Crippen molar-refractivity contribution in [3.63, 3.8) is 0 Å². The number of hydrogen-bond donors (Lipinski definition) is 4. The minimum Gasteiger partial charge on any atom is -0.483 e. The molecule has 0 aromatic heterocycles. The molecule has 0 saturated heterocycles. The summed E-state index contributed by atoms with van der Waals surface area (Å²) in [5.41, 5.74) is 0. The van der Waals surface area contributed by atoms with Crippen molar-refractivity contribution in [2.75, 3.05) is 0 Å². The van der Waals surface area contributed by atoms with Gasteiger partial charge in [0.15, 0.2) is 0 Å². The minimum atomic E-state index is -0.250. The molecule has 0 aromatic carbocycles. The summed E-state index contributed by atoms with van der Waals surface area (Å²) in [6, 6.07) is 0. The van der Waals surface area contributed by atoms with Gasteiger partial charge >= 0.3 is 0 Å². The molecule has 0 rings (SSSR count). The standard InChI is InChI=1S/4CH2O2.Mo/c4*2-1-3;/h4*1H,(H,2,3);. The van der Waals surface area contributed by atoms with Gasteiger partial charge in [0.2, 0.25) is 0 Å². The third-order valence-corrected chi connectivity index (χ3v) is 0. The van der Waals surface area contributed by atoms with E-state index in [1.807, 2.05) is 0 Å². The molecule has 9 heteroatoms. The Balaban J connectivity index is -0.0000000213. The molecule has 0 bridgehead atoms. The summed E-state index contributed by atoms with van der Waals surface area (Å²) in [5, 5.41) is 27.6. The Morgan fingerprint density at radius 1 is 0.538 bits per heavy atom. The van der Waals surface area contributed by atoms with Gasteiger partial charge in [-0.15, -0.1) is 0 Å². The summed E-state index contributed by atoms with van der Waals surface area (Å²) in [4.78, 5) is 33.4. The van der Waals surface area contributed by atoms with Crippen molar-refractivity contribution >= 4 is 25.9 Å². The molecule has 0 spiro atoms. The van der Waals surface area contributed by atoms with Crippen molar-refractivity contribution in [1.82, 2.24) is 0 Å². The van der Waals surface area contributed by atoms with Gasteiger partial charge in [0.1, 0.15) is 0 Å². The number of hydrogen-bond acceptors (Lipinski definition) is 4. The second-order valence-corrected chi connectivity index (χ2v) is 0.422. The molecule has 0 atom stereocenters. The Hall–Kier alpha value is -1.43. The van der Waals surface area contributed by atoms with Crippen LogP contribution in [0.15, 0.2) is 0 Å². The van der Waals surface area contributed by atoms with E-state index in [9.17, 15) is 0 Å². The summed E-state index contributed by atoms with van der Waals surface area (Å²) < 4.78 is 0. The number of rotatable bonds is 0. The fourth-order valence-electron chi connectivity index (χ4n) is 0. The Kier molecular flexibility index (Phi) is 338. The van der Waals surface area contributed by atoms with Crippen LogP contribution in [0.1, 0.15) is 0 Å². The fourth-order valence-corrected chi connectivity index (χ4v) is 0. The van der Waals surface area contributed by atoms with Crippen molar-refractivity contribution < 1.29 is 60.7 Å². The molecule has 0 amide bonds. The first kappa shape index (κ1) is 29.9. The average Bonchev–Trinajstić information content (AvgIpc) is 1.92. The molecule has 0 aliphatic carbocycles. The van der Waals surface area contributed by atoms with Crippen molar-refractivity contribution in [1.29, 1.82) is 0 Å². The van der Waals surface area contributed by atoms with E-state index in [0.29, 0.717) is 0 Å². The maximum absolute atomic E-state index is 8.36. The largest absolute Gasteiger partial charge is 0.483 e. The van der Waals surface area contributed by atoms with Gasteiger partial charge < -0.3 is 20.4 Å². The van der Waals surface area contributed by atoms with E-state index in [1.54, 1.807) is 0 Å². The Bertz CT molecular complexity index is 70.1. The van der Waals surface area contributed by atoms with E-state index in [0.717, 1.165) is 0 Å². The second kappa shape index (κ2) is 147. The Morgan fingerprint density at radius 3 is 0.538 bits per heavy atom. The molecule has 4 N–H and O–H groups in total. The predicted octanol–water partition coefficient (Wildman–Crippen LogP) is -1.20. The van der Waals surface area contributed by atoms with Crippen molar-refractivity contribution in [2.24, 2.45) is 0 Å². The van der Waals surface area contributed by atoms with Crippen LogP contribution < -0.4 is 0 Å². The quantitative estimate of drug-likeness (QED) is 0.319. The molecule has 8 nitrogen and oxygen atoms in total. The van der Waals surface area contributed by atoms with E-state index in [4.69, 9.17) is 39.6 Å². The molecule has 0 unspecified atom stereocenters. The molecule has 13 heavy (non-hydrogen) atoms. The Labute approximate surface area is 87.1 Å². The molecular formula is C4H8MoO8. The van der Waals surface area contributed by atoms with Gasteiger partial charge in [-0.05, 0) is 0 Å². The Morgan fingerprint density at radius 2 is 0.538 bits per heavy atom. The monoisotopic (exact) mass is 282 g/mol. The van der Waals surface area contributed by atoms with Gasteiger partial charge in [-0.2, -0.15) is 0 Å². The van der Waals surface area contributed by atoms with E-state index < -0.39 is 0 Å². The summed E-state index contributed by atoms with van der Waals surface area (Å²) >= 11 is 0. The first-order chi connectivity index (χ1) is 5.66. The molecule has 0 fully saturated rings. The molecule has 0 radical (unpaired) electrons.